The fourth-order valence-corrected chi connectivity index (χ4v) is 1.67. The van der Waals surface area contributed by atoms with Crippen molar-refractivity contribution in [3.05, 3.63) is 48.3 Å². The molecule has 0 spiro atoms. The molecule has 0 aliphatic carbocycles. The predicted molar refractivity (Wildman–Crippen MR) is 63.2 cm³/mol. The highest BCUT2D eigenvalue weighted by Gasteiger charge is 2.15. The van der Waals surface area contributed by atoms with E-state index in [1.807, 2.05) is 12.1 Å². The molecule has 2 rings (SSSR count). The summed E-state index contributed by atoms with van der Waals surface area (Å²) in [6.45, 7) is 0. The number of hydrogen-bond donors (Lipinski definition) is 1. The third-order valence-electron chi connectivity index (χ3n) is 2.42. The molecule has 0 fully saturated rings. The Morgan fingerprint density at radius 2 is 2.12 bits per heavy atom. The van der Waals surface area contributed by atoms with E-state index >= 15 is 0 Å². The molecule has 4 heteroatoms. The van der Waals surface area contributed by atoms with Gasteiger partial charge in [-0.15, -0.1) is 0 Å². The number of ether oxygens (including phenoxy) is 1. The number of para-hydroxylation sites is 1. The number of aromatic nitrogens is 1. The molecule has 0 aliphatic rings. The second-order valence-corrected chi connectivity index (χ2v) is 3.43. The van der Waals surface area contributed by atoms with Gasteiger partial charge in [0.25, 0.3) is 0 Å². The van der Waals surface area contributed by atoms with Crippen molar-refractivity contribution in [1.82, 2.24) is 4.98 Å². The van der Waals surface area contributed by atoms with Gasteiger partial charge in [-0.25, -0.2) is 4.79 Å². The van der Waals surface area contributed by atoms with Crippen LogP contribution in [-0.4, -0.2) is 23.2 Å². The van der Waals surface area contributed by atoms with Crippen molar-refractivity contribution < 1.29 is 14.6 Å². The highest BCUT2D eigenvalue weighted by molar-refractivity contribution is 5.94. The van der Waals surface area contributed by atoms with Crippen LogP contribution in [0, 0.1) is 0 Å². The third-order valence-corrected chi connectivity index (χ3v) is 2.42. The second kappa shape index (κ2) is 4.65. The molecule has 0 unspecified atom stereocenters. The van der Waals surface area contributed by atoms with E-state index in [9.17, 15) is 4.79 Å². The predicted octanol–water partition coefficient (Wildman–Crippen LogP) is 2.46. The molecule has 4 nitrogen and oxygen atoms in total. The molecule has 0 saturated carbocycles. The number of benzene rings is 1. The van der Waals surface area contributed by atoms with Crippen LogP contribution < -0.4 is 4.74 Å². The van der Waals surface area contributed by atoms with E-state index in [1.54, 1.807) is 24.5 Å². The number of rotatable bonds is 3. The maximum absolute atomic E-state index is 11.1. The molecular weight excluding hydrogens is 218 g/mol. The molecule has 0 saturated heterocycles. The van der Waals surface area contributed by atoms with Crippen LogP contribution in [0.15, 0.2) is 42.7 Å². The average Bonchev–Trinajstić information content (AvgIpc) is 2.38. The Kier molecular flexibility index (Phi) is 3.05. The zero-order valence-corrected chi connectivity index (χ0v) is 9.25. The molecule has 17 heavy (non-hydrogen) atoms. The van der Waals surface area contributed by atoms with Gasteiger partial charge in [-0.2, -0.15) is 0 Å². The van der Waals surface area contributed by atoms with Gasteiger partial charge >= 0.3 is 5.97 Å². The average molecular weight is 229 g/mol. The van der Waals surface area contributed by atoms with Gasteiger partial charge in [0.2, 0.25) is 0 Å². The summed E-state index contributed by atoms with van der Waals surface area (Å²) in [4.78, 5) is 15.1. The lowest BCUT2D eigenvalue weighted by Crippen LogP contribution is -2.01. The summed E-state index contributed by atoms with van der Waals surface area (Å²) in [5.74, 6) is -0.652. The van der Waals surface area contributed by atoms with Crippen molar-refractivity contribution in [3.8, 4) is 16.9 Å². The number of hydrogen-bond acceptors (Lipinski definition) is 3. The Balaban J connectivity index is 2.63. The molecule has 0 aliphatic heterocycles. The van der Waals surface area contributed by atoms with Crippen molar-refractivity contribution in [3.63, 3.8) is 0 Å². The van der Waals surface area contributed by atoms with E-state index in [2.05, 4.69) is 4.98 Å². The van der Waals surface area contributed by atoms with Gasteiger partial charge in [-0.1, -0.05) is 18.2 Å². The van der Waals surface area contributed by atoms with E-state index in [1.165, 1.54) is 13.2 Å². The molecule has 86 valence electrons. The van der Waals surface area contributed by atoms with Crippen LogP contribution in [0.4, 0.5) is 0 Å². The maximum atomic E-state index is 11.1. The zero-order chi connectivity index (χ0) is 12.3. The highest BCUT2D eigenvalue weighted by atomic mass is 16.5. The number of methoxy groups -OCH3 is 1. The lowest BCUT2D eigenvalue weighted by atomic mass is 10.0. The van der Waals surface area contributed by atoms with E-state index in [0.717, 1.165) is 11.1 Å². The van der Waals surface area contributed by atoms with Crippen molar-refractivity contribution in [2.75, 3.05) is 7.11 Å². The van der Waals surface area contributed by atoms with E-state index in [4.69, 9.17) is 9.84 Å². The standard InChI is InChI=1S/C13H11NO3/c1-17-12-10(9-4-3-7-14-8-9)5-2-6-11(12)13(15)16/h2-8H,1H3,(H,15,16). The number of aromatic carboxylic acids is 1. The van der Waals surface area contributed by atoms with Crippen LogP contribution >= 0.6 is 0 Å². The molecule has 0 amide bonds. The normalized spacial score (nSPS) is 9.94. The minimum Gasteiger partial charge on any atom is -0.495 e. The summed E-state index contributed by atoms with van der Waals surface area (Å²) in [5.41, 5.74) is 1.70. The molecule has 1 heterocycles. The highest BCUT2D eigenvalue weighted by Crippen LogP contribution is 2.32. The van der Waals surface area contributed by atoms with Crippen molar-refractivity contribution in [1.29, 1.82) is 0 Å². The van der Waals surface area contributed by atoms with Crippen LogP contribution in [0.5, 0.6) is 5.75 Å². The Hall–Kier alpha value is -2.36. The van der Waals surface area contributed by atoms with Crippen LogP contribution in [-0.2, 0) is 0 Å². The number of carboxylic acids is 1. The molecular formula is C13H11NO3. The largest absolute Gasteiger partial charge is 0.495 e. The number of nitrogens with zero attached hydrogens (tertiary/aromatic N) is 1. The summed E-state index contributed by atoms with van der Waals surface area (Å²) >= 11 is 0. The summed E-state index contributed by atoms with van der Waals surface area (Å²) in [5, 5.41) is 9.07. The topological polar surface area (TPSA) is 59.4 Å². The fourth-order valence-electron chi connectivity index (χ4n) is 1.67. The molecule has 0 bridgehead atoms. The second-order valence-electron chi connectivity index (χ2n) is 3.43. The lowest BCUT2D eigenvalue weighted by Gasteiger charge is -2.10. The first-order valence-electron chi connectivity index (χ1n) is 5.04. The van der Waals surface area contributed by atoms with Gasteiger partial charge in [0, 0.05) is 23.5 Å². The fraction of sp³-hybridized carbons (Fsp3) is 0.0769. The van der Waals surface area contributed by atoms with Crippen molar-refractivity contribution in [2.45, 2.75) is 0 Å². The Bertz CT molecular complexity index is 538. The molecule has 1 N–H and O–H groups in total. The van der Waals surface area contributed by atoms with Crippen LogP contribution in [0.3, 0.4) is 0 Å². The van der Waals surface area contributed by atoms with E-state index < -0.39 is 5.97 Å². The zero-order valence-electron chi connectivity index (χ0n) is 9.25. The third kappa shape index (κ3) is 2.10. The molecule has 1 aromatic carbocycles. The number of carbonyl (C=O) groups is 1. The smallest absolute Gasteiger partial charge is 0.339 e. The SMILES string of the molecule is COc1c(C(=O)O)cccc1-c1cccnc1. The monoisotopic (exact) mass is 229 g/mol. The summed E-state index contributed by atoms with van der Waals surface area (Å²) in [7, 11) is 1.46. The van der Waals surface area contributed by atoms with Gasteiger partial charge in [-0.05, 0) is 12.1 Å². The van der Waals surface area contributed by atoms with E-state index in [-0.39, 0.29) is 5.56 Å². The lowest BCUT2D eigenvalue weighted by molar-refractivity contribution is 0.0693. The maximum Gasteiger partial charge on any atom is 0.339 e. The Labute approximate surface area is 98.5 Å². The summed E-state index contributed by atoms with van der Waals surface area (Å²) in [6.07, 6.45) is 3.33. The first-order valence-corrected chi connectivity index (χ1v) is 5.04. The molecule has 0 atom stereocenters. The summed E-state index contributed by atoms with van der Waals surface area (Å²) in [6, 6.07) is 8.66. The van der Waals surface area contributed by atoms with Gasteiger partial charge in [0.05, 0.1) is 7.11 Å². The Morgan fingerprint density at radius 1 is 1.29 bits per heavy atom. The summed E-state index contributed by atoms with van der Waals surface area (Å²) < 4.78 is 5.18. The van der Waals surface area contributed by atoms with Crippen LogP contribution in [0.25, 0.3) is 11.1 Å². The van der Waals surface area contributed by atoms with Gasteiger partial charge in [0.1, 0.15) is 11.3 Å². The first-order chi connectivity index (χ1) is 8.24. The number of carboxylic acid groups (broad SMARTS) is 1. The quantitative estimate of drug-likeness (QED) is 0.878. The van der Waals surface area contributed by atoms with Crippen molar-refractivity contribution >= 4 is 5.97 Å². The Morgan fingerprint density at radius 3 is 2.71 bits per heavy atom. The van der Waals surface area contributed by atoms with Crippen LogP contribution in [0.2, 0.25) is 0 Å². The van der Waals surface area contributed by atoms with Gasteiger partial charge in [0.15, 0.2) is 0 Å². The molecule has 1 aromatic heterocycles. The minimum absolute atomic E-state index is 0.147. The first kappa shape index (κ1) is 11.1. The van der Waals surface area contributed by atoms with Gasteiger partial charge < -0.3 is 9.84 Å². The van der Waals surface area contributed by atoms with Crippen LogP contribution in [0.1, 0.15) is 10.4 Å². The minimum atomic E-state index is -1.01. The molecule has 2 aromatic rings. The van der Waals surface area contributed by atoms with E-state index in [0.29, 0.717) is 5.75 Å². The van der Waals surface area contributed by atoms with Crippen molar-refractivity contribution in [2.24, 2.45) is 0 Å². The molecule has 0 radical (unpaired) electrons. The number of pyridine rings is 1. The van der Waals surface area contributed by atoms with Gasteiger partial charge in [-0.3, -0.25) is 4.98 Å².